The molecule has 0 aliphatic rings. The van der Waals surface area contributed by atoms with Gasteiger partial charge in [0.1, 0.15) is 0 Å². The fourth-order valence-electron chi connectivity index (χ4n) is 2.10. The van der Waals surface area contributed by atoms with Crippen molar-refractivity contribution in [3.63, 3.8) is 0 Å². The highest BCUT2D eigenvalue weighted by Crippen LogP contribution is 2.29. The highest BCUT2D eigenvalue weighted by atomic mass is 14.7. The van der Waals surface area contributed by atoms with Crippen LogP contribution in [0.4, 0.5) is 0 Å². The van der Waals surface area contributed by atoms with Gasteiger partial charge < -0.3 is 0 Å². The number of aromatic nitrogens is 1. The number of pyridine rings is 1. The number of hydrogen-bond donors (Lipinski definition) is 0. The molecule has 1 heteroatoms. The van der Waals surface area contributed by atoms with Gasteiger partial charge in [-0.05, 0) is 49.9 Å². The highest BCUT2D eigenvalue weighted by Gasteiger charge is 2.10. The fourth-order valence-corrected chi connectivity index (χ4v) is 2.10. The van der Waals surface area contributed by atoms with Crippen molar-refractivity contribution in [2.45, 2.75) is 27.7 Å². The van der Waals surface area contributed by atoms with Gasteiger partial charge in [0.05, 0.1) is 0 Å². The summed E-state index contributed by atoms with van der Waals surface area (Å²) in [4.78, 5) is 4.56. The molecule has 2 rings (SSSR count). The van der Waals surface area contributed by atoms with Gasteiger partial charge in [-0.15, -0.1) is 0 Å². The summed E-state index contributed by atoms with van der Waals surface area (Å²) in [6.45, 7) is 8.45. The summed E-state index contributed by atoms with van der Waals surface area (Å²) in [6.07, 6.45) is 0. The number of rotatable bonds is 1. The molecule has 1 aromatic carbocycles. The average Bonchev–Trinajstić information content (AvgIpc) is 2.28. The van der Waals surface area contributed by atoms with Crippen molar-refractivity contribution in [3.8, 4) is 11.1 Å². The molecule has 0 saturated heterocycles. The molecule has 1 aromatic heterocycles. The van der Waals surface area contributed by atoms with Crippen molar-refractivity contribution >= 4 is 0 Å². The Morgan fingerprint density at radius 2 is 1.25 bits per heavy atom. The minimum atomic E-state index is 1.13. The molecule has 0 bridgehead atoms. The van der Waals surface area contributed by atoms with Crippen molar-refractivity contribution in [2.75, 3.05) is 0 Å². The zero-order valence-corrected chi connectivity index (χ0v) is 10.3. The molecule has 0 aliphatic carbocycles. The van der Waals surface area contributed by atoms with E-state index in [1.54, 1.807) is 0 Å². The zero-order chi connectivity index (χ0) is 11.7. The minimum Gasteiger partial charge on any atom is -0.258 e. The third-order valence-electron chi connectivity index (χ3n) is 3.23. The number of aryl methyl sites for hydroxylation is 2. The van der Waals surface area contributed by atoms with Gasteiger partial charge >= 0.3 is 0 Å². The van der Waals surface area contributed by atoms with Gasteiger partial charge in [0.25, 0.3) is 0 Å². The third-order valence-corrected chi connectivity index (χ3v) is 3.23. The lowest BCUT2D eigenvalue weighted by molar-refractivity contribution is 1.06. The smallest absolute Gasteiger partial charge is 0.0411 e. The van der Waals surface area contributed by atoms with Crippen LogP contribution in [0.2, 0.25) is 0 Å². The van der Waals surface area contributed by atoms with E-state index in [9.17, 15) is 0 Å². The van der Waals surface area contributed by atoms with E-state index in [1.165, 1.54) is 22.3 Å². The SMILES string of the molecule is Cc1nc(C)c(C)c(-c2ccccc2)c1C. The van der Waals surface area contributed by atoms with Crippen molar-refractivity contribution < 1.29 is 0 Å². The van der Waals surface area contributed by atoms with Crippen LogP contribution in [0.5, 0.6) is 0 Å². The highest BCUT2D eigenvalue weighted by molar-refractivity contribution is 5.71. The van der Waals surface area contributed by atoms with Crippen LogP contribution in [0.15, 0.2) is 30.3 Å². The van der Waals surface area contributed by atoms with E-state index in [1.807, 2.05) is 0 Å². The number of nitrogens with zero attached hydrogens (tertiary/aromatic N) is 1. The Morgan fingerprint density at radius 3 is 1.75 bits per heavy atom. The van der Waals surface area contributed by atoms with Crippen LogP contribution in [-0.2, 0) is 0 Å². The minimum absolute atomic E-state index is 1.13. The molecule has 0 aliphatic heterocycles. The van der Waals surface area contributed by atoms with Gasteiger partial charge in [0.15, 0.2) is 0 Å². The van der Waals surface area contributed by atoms with Gasteiger partial charge in [0, 0.05) is 11.4 Å². The molecule has 0 fully saturated rings. The van der Waals surface area contributed by atoms with Crippen LogP contribution in [0.1, 0.15) is 22.5 Å². The normalized spacial score (nSPS) is 10.5. The van der Waals surface area contributed by atoms with E-state index in [0.29, 0.717) is 0 Å². The molecule has 82 valence electrons. The predicted molar refractivity (Wildman–Crippen MR) is 68.6 cm³/mol. The van der Waals surface area contributed by atoms with E-state index in [0.717, 1.165) is 11.4 Å². The van der Waals surface area contributed by atoms with E-state index in [4.69, 9.17) is 0 Å². The van der Waals surface area contributed by atoms with Crippen molar-refractivity contribution in [2.24, 2.45) is 0 Å². The molecule has 0 radical (unpaired) electrons. The van der Waals surface area contributed by atoms with Gasteiger partial charge in [-0.2, -0.15) is 0 Å². The molecule has 0 amide bonds. The maximum absolute atomic E-state index is 4.56. The summed E-state index contributed by atoms with van der Waals surface area (Å²) in [6, 6.07) is 10.5. The van der Waals surface area contributed by atoms with E-state index < -0.39 is 0 Å². The molecular weight excluding hydrogens is 194 g/mol. The van der Waals surface area contributed by atoms with Gasteiger partial charge in [-0.3, -0.25) is 4.98 Å². The summed E-state index contributed by atoms with van der Waals surface area (Å²) in [5, 5.41) is 0. The van der Waals surface area contributed by atoms with E-state index >= 15 is 0 Å². The van der Waals surface area contributed by atoms with E-state index in [-0.39, 0.29) is 0 Å². The Kier molecular flexibility index (Phi) is 2.78. The predicted octanol–water partition coefficient (Wildman–Crippen LogP) is 3.98. The summed E-state index contributed by atoms with van der Waals surface area (Å²) in [5.74, 6) is 0. The first-order chi connectivity index (χ1) is 7.61. The van der Waals surface area contributed by atoms with Crippen LogP contribution < -0.4 is 0 Å². The first-order valence-corrected chi connectivity index (χ1v) is 5.61. The van der Waals surface area contributed by atoms with E-state index in [2.05, 4.69) is 63.0 Å². The summed E-state index contributed by atoms with van der Waals surface area (Å²) in [7, 11) is 0. The van der Waals surface area contributed by atoms with Crippen LogP contribution in [-0.4, -0.2) is 4.98 Å². The third kappa shape index (κ3) is 1.73. The fraction of sp³-hybridized carbons (Fsp3) is 0.267. The molecule has 2 aromatic rings. The second-order valence-electron chi connectivity index (χ2n) is 4.27. The molecule has 0 unspecified atom stereocenters. The monoisotopic (exact) mass is 211 g/mol. The molecule has 16 heavy (non-hydrogen) atoms. The maximum atomic E-state index is 4.56. The van der Waals surface area contributed by atoms with Gasteiger partial charge in [-0.25, -0.2) is 0 Å². The topological polar surface area (TPSA) is 12.9 Å². The van der Waals surface area contributed by atoms with Crippen molar-refractivity contribution in [1.29, 1.82) is 0 Å². The van der Waals surface area contributed by atoms with Crippen molar-refractivity contribution in [1.82, 2.24) is 4.98 Å². The Balaban J connectivity index is 2.74. The summed E-state index contributed by atoms with van der Waals surface area (Å²) in [5.41, 5.74) is 7.45. The standard InChI is InChI=1S/C15H17N/c1-10-12(3)16-13(4)11(2)15(10)14-8-6-5-7-9-14/h5-9H,1-4H3. The molecule has 0 spiro atoms. The van der Waals surface area contributed by atoms with Crippen LogP contribution in [0, 0.1) is 27.7 Å². The Hall–Kier alpha value is -1.63. The lowest BCUT2D eigenvalue weighted by atomic mass is 9.94. The first kappa shape index (κ1) is 10.9. The quantitative estimate of drug-likeness (QED) is 0.695. The van der Waals surface area contributed by atoms with Crippen LogP contribution in [0.3, 0.4) is 0 Å². The van der Waals surface area contributed by atoms with Gasteiger partial charge in [-0.1, -0.05) is 30.3 Å². The largest absolute Gasteiger partial charge is 0.258 e. The molecular formula is C15H17N. The Labute approximate surface area is 97.2 Å². The maximum Gasteiger partial charge on any atom is 0.0411 e. The van der Waals surface area contributed by atoms with Crippen molar-refractivity contribution in [3.05, 3.63) is 52.8 Å². The molecule has 0 N–H and O–H groups in total. The van der Waals surface area contributed by atoms with Crippen LogP contribution >= 0.6 is 0 Å². The lowest BCUT2D eigenvalue weighted by Crippen LogP contribution is -1.99. The zero-order valence-electron chi connectivity index (χ0n) is 10.3. The Bertz CT molecular complexity index is 486. The number of benzene rings is 1. The molecule has 0 saturated carbocycles. The summed E-state index contributed by atoms with van der Waals surface area (Å²) >= 11 is 0. The first-order valence-electron chi connectivity index (χ1n) is 5.61. The molecule has 1 heterocycles. The van der Waals surface area contributed by atoms with Gasteiger partial charge in [0.2, 0.25) is 0 Å². The average molecular weight is 211 g/mol. The Morgan fingerprint density at radius 1 is 0.750 bits per heavy atom. The molecule has 0 atom stereocenters. The second kappa shape index (κ2) is 4.09. The number of hydrogen-bond acceptors (Lipinski definition) is 1. The second-order valence-corrected chi connectivity index (χ2v) is 4.27. The summed E-state index contributed by atoms with van der Waals surface area (Å²) < 4.78 is 0. The van der Waals surface area contributed by atoms with Crippen LogP contribution in [0.25, 0.3) is 11.1 Å². The molecule has 1 nitrogen and oxygen atoms in total. The lowest BCUT2D eigenvalue weighted by Gasteiger charge is -2.14.